The number of aromatic nitrogens is 7. The van der Waals surface area contributed by atoms with Crippen molar-refractivity contribution in [1.29, 1.82) is 0 Å². The minimum atomic E-state index is 0.122. The van der Waals surface area contributed by atoms with E-state index in [0.29, 0.717) is 28.2 Å². The summed E-state index contributed by atoms with van der Waals surface area (Å²) >= 11 is 0. The van der Waals surface area contributed by atoms with Crippen LogP contribution in [0.15, 0.2) is 36.8 Å². The lowest BCUT2D eigenvalue weighted by molar-refractivity contribution is 0.414. The van der Waals surface area contributed by atoms with E-state index in [0.717, 1.165) is 11.4 Å². The van der Waals surface area contributed by atoms with Crippen LogP contribution in [-0.2, 0) is 0 Å². The van der Waals surface area contributed by atoms with Gasteiger partial charge in [0, 0.05) is 6.04 Å². The van der Waals surface area contributed by atoms with Crippen molar-refractivity contribution in [2.45, 2.75) is 19.9 Å². The van der Waals surface area contributed by atoms with Crippen LogP contribution in [0.3, 0.4) is 0 Å². The van der Waals surface area contributed by atoms with Gasteiger partial charge in [-0.2, -0.15) is 5.10 Å². The first-order chi connectivity index (χ1) is 12.6. The highest BCUT2D eigenvalue weighted by Crippen LogP contribution is 2.30. The van der Waals surface area contributed by atoms with Crippen LogP contribution in [0.25, 0.3) is 28.1 Å². The molecule has 9 nitrogen and oxygen atoms in total. The Bertz CT molecular complexity index is 1060. The van der Waals surface area contributed by atoms with Gasteiger partial charge in [0.15, 0.2) is 5.65 Å². The topological polar surface area (TPSA) is 110 Å². The number of nitrogens with two attached hydrogens (primary N) is 1. The Hall–Kier alpha value is -3.49. The number of ether oxygens (including phenoxy) is 1. The summed E-state index contributed by atoms with van der Waals surface area (Å²) in [7, 11) is 1.63. The zero-order chi connectivity index (χ0) is 18.3. The van der Waals surface area contributed by atoms with Crippen molar-refractivity contribution in [2.24, 2.45) is 0 Å². The number of hydrogen-bond acceptors (Lipinski definition) is 7. The smallest absolute Gasteiger partial charge is 0.164 e. The van der Waals surface area contributed by atoms with Crippen LogP contribution < -0.4 is 10.5 Å². The summed E-state index contributed by atoms with van der Waals surface area (Å²) in [4.78, 5) is 8.43. The van der Waals surface area contributed by atoms with E-state index >= 15 is 0 Å². The van der Waals surface area contributed by atoms with Gasteiger partial charge in [-0.3, -0.25) is 0 Å². The predicted octanol–water partition coefficient (Wildman–Crippen LogP) is 2.25. The number of rotatable bonds is 4. The zero-order valence-corrected chi connectivity index (χ0v) is 14.7. The second-order valence-corrected chi connectivity index (χ2v) is 6.09. The number of nitrogens with zero attached hydrogens (tertiary/aromatic N) is 7. The summed E-state index contributed by atoms with van der Waals surface area (Å²) in [5.41, 5.74) is 8.85. The summed E-state index contributed by atoms with van der Waals surface area (Å²) in [6.07, 6.45) is 3.25. The Morgan fingerprint density at radius 3 is 2.58 bits per heavy atom. The van der Waals surface area contributed by atoms with Crippen molar-refractivity contribution in [3.63, 3.8) is 0 Å². The molecule has 0 spiro atoms. The van der Waals surface area contributed by atoms with Gasteiger partial charge < -0.3 is 10.5 Å². The molecule has 132 valence electrons. The average molecular weight is 350 g/mol. The second-order valence-electron chi connectivity index (χ2n) is 6.09. The molecule has 0 atom stereocenters. The van der Waals surface area contributed by atoms with Crippen molar-refractivity contribution in [1.82, 2.24) is 34.7 Å². The SMILES string of the molecule is COc1ccc(-n2cc(-c3nn(C(C)C)c4ncnc(N)c34)nn2)cc1. The van der Waals surface area contributed by atoms with Crippen LogP contribution in [-0.4, -0.2) is 41.9 Å². The van der Waals surface area contributed by atoms with Gasteiger partial charge in [-0.1, -0.05) is 5.21 Å². The molecule has 0 radical (unpaired) electrons. The first-order valence-corrected chi connectivity index (χ1v) is 8.14. The molecule has 9 heteroatoms. The van der Waals surface area contributed by atoms with E-state index in [1.165, 1.54) is 6.33 Å². The number of fused-ring (bicyclic) bond motifs is 1. The van der Waals surface area contributed by atoms with E-state index in [4.69, 9.17) is 10.5 Å². The van der Waals surface area contributed by atoms with Gasteiger partial charge in [0.2, 0.25) is 0 Å². The first kappa shape index (κ1) is 16.0. The van der Waals surface area contributed by atoms with Crippen molar-refractivity contribution >= 4 is 16.9 Å². The number of benzene rings is 1. The van der Waals surface area contributed by atoms with Gasteiger partial charge in [0.05, 0.1) is 24.4 Å². The van der Waals surface area contributed by atoms with Crippen LogP contribution in [0.4, 0.5) is 5.82 Å². The number of methoxy groups -OCH3 is 1. The molecule has 0 amide bonds. The molecule has 4 rings (SSSR count). The average Bonchev–Trinajstić information content (AvgIpc) is 3.27. The minimum Gasteiger partial charge on any atom is -0.497 e. The van der Waals surface area contributed by atoms with Crippen molar-refractivity contribution < 1.29 is 4.74 Å². The molecule has 0 unspecified atom stereocenters. The fourth-order valence-electron chi connectivity index (χ4n) is 2.77. The molecule has 0 aliphatic rings. The summed E-state index contributed by atoms with van der Waals surface area (Å²) in [5.74, 6) is 1.15. The van der Waals surface area contributed by atoms with Gasteiger partial charge in [-0.25, -0.2) is 19.3 Å². The van der Waals surface area contributed by atoms with Gasteiger partial charge in [-0.15, -0.1) is 5.10 Å². The Kier molecular flexibility index (Phi) is 3.76. The van der Waals surface area contributed by atoms with E-state index in [1.54, 1.807) is 18.0 Å². The van der Waals surface area contributed by atoms with E-state index in [-0.39, 0.29) is 6.04 Å². The van der Waals surface area contributed by atoms with E-state index < -0.39 is 0 Å². The highest BCUT2D eigenvalue weighted by Gasteiger charge is 2.20. The monoisotopic (exact) mass is 350 g/mol. The highest BCUT2D eigenvalue weighted by molar-refractivity contribution is 5.97. The lowest BCUT2D eigenvalue weighted by Gasteiger charge is -2.05. The Morgan fingerprint density at radius 1 is 1.12 bits per heavy atom. The molecule has 0 fully saturated rings. The maximum atomic E-state index is 6.08. The molecule has 0 aliphatic heterocycles. The molecule has 2 N–H and O–H groups in total. The van der Waals surface area contributed by atoms with E-state index in [2.05, 4.69) is 25.4 Å². The van der Waals surface area contributed by atoms with Crippen LogP contribution in [0.1, 0.15) is 19.9 Å². The molecule has 0 saturated carbocycles. The molecule has 26 heavy (non-hydrogen) atoms. The summed E-state index contributed by atoms with van der Waals surface area (Å²) in [6, 6.07) is 7.66. The van der Waals surface area contributed by atoms with Crippen molar-refractivity contribution in [3.8, 4) is 22.8 Å². The predicted molar refractivity (Wildman–Crippen MR) is 97.0 cm³/mol. The Balaban J connectivity index is 1.82. The van der Waals surface area contributed by atoms with Gasteiger partial charge in [-0.05, 0) is 38.1 Å². The van der Waals surface area contributed by atoms with Gasteiger partial charge in [0.1, 0.15) is 29.3 Å². The van der Waals surface area contributed by atoms with Crippen LogP contribution in [0.5, 0.6) is 5.75 Å². The summed E-state index contributed by atoms with van der Waals surface area (Å²) in [5, 5.41) is 13.8. The lowest BCUT2D eigenvalue weighted by atomic mass is 10.2. The second kappa shape index (κ2) is 6.10. The van der Waals surface area contributed by atoms with Crippen molar-refractivity contribution in [2.75, 3.05) is 12.8 Å². The van der Waals surface area contributed by atoms with Gasteiger partial charge >= 0.3 is 0 Å². The first-order valence-electron chi connectivity index (χ1n) is 8.14. The molecule has 4 aromatic rings. The minimum absolute atomic E-state index is 0.122. The summed E-state index contributed by atoms with van der Waals surface area (Å²) in [6.45, 7) is 4.06. The largest absolute Gasteiger partial charge is 0.497 e. The molecule has 0 aliphatic carbocycles. The fraction of sp³-hybridized carbons (Fsp3) is 0.235. The standard InChI is InChI=1S/C17H18N8O/c1-10(2)25-17-14(16(18)19-9-20-17)15(22-25)13-8-24(23-21-13)11-4-6-12(26-3)7-5-11/h4-10H,1-3H3,(H2,18,19,20). The quantitative estimate of drug-likeness (QED) is 0.601. The molecular weight excluding hydrogens is 332 g/mol. The fourth-order valence-corrected chi connectivity index (χ4v) is 2.77. The Morgan fingerprint density at radius 2 is 1.88 bits per heavy atom. The van der Waals surface area contributed by atoms with E-state index in [9.17, 15) is 0 Å². The number of anilines is 1. The number of nitrogen functional groups attached to an aromatic ring is 1. The molecule has 0 bridgehead atoms. The highest BCUT2D eigenvalue weighted by atomic mass is 16.5. The van der Waals surface area contributed by atoms with Crippen molar-refractivity contribution in [3.05, 3.63) is 36.8 Å². The Labute approximate surface area is 149 Å². The van der Waals surface area contributed by atoms with Crippen LogP contribution in [0.2, 0.25) is 0 Å². The zero-order valence-electron chi connectivity index (χ0n) is 14.7. The normalized spacial score (nSPS) is 11.4. The molecule has 3 heterocycles. The maximum Gasteiger partial charge on any atom is 0.164 e. The molecule has 3 aromatic heterocycles. The molecular formula is C17H18N8O. The third-order valence-corrected chi connectivity index (χ3v) is 4.08. The third kappa shape index (κ3) is 2.53. The van der Waals surface area contributed by atoms with Gasteiger partial charge in [0.25, 0.3) is 0 Å². The van der Waals surface area contributed by atoms with Crippen LogP contribution >= 0.6 is 0 Å². The molecule has 0 saturated heterocycles. The number of hydrogen-bond donors (Lipinski definition) is 1. The lowest BCUT2D eigenvalue weighted by Crippen LogP contribution is -2.04. The molecule has 1 aromatic carbocycles. The van der Waals surface area contributed by atoms with Crippen LogP contribution in [0, 0.1) is 0 Å². The summed E-state index contributed by atoms with van der Waals surface area (Å²) < 4.78 is 8.67. The maximum absolute atomic E-state index is 6.08. The third-order valence-electron chi connectivity index (χ3n) is 4.08. The van der Waals surface area contributed by atoms with E-state index in [1.807, 2.05) is 42.8 Å².